The molecule has 0 aliphatic heterocycles. The van der Waals surface area contributed by atoms with Gasteiger partial charge in [0.2, 0.25) is 0 Å². The molecule has 0 aliphatic carbocycles. The van der Waals surface area contributed by atoms with E-state index in [9.17, 15) is 9.59 Å². The molecule has 104 valence electrons. The number of alkyl carbamates (subject to hydrolysis) is 1. The number of rotatable bonds is 4. The molecule has 0 aromatic heterocycles. The fourth-order valence-electron chi connectivity index (χ4n) is 1.37. The maximum Gasteiger partial charge on any atom is 0.408 e. The predicted octanol–water partition coefficient (Wildman–Crippen LogP) is 2.40. The lowest BCUT2D eigenvalue weighted by Gasteiger charge is -2.19. The standard InChI is InChI=1S/C14H19NO4/c1-14(2,3)19-13(17)15-9-12(16)10-6-5-7-11(8-10)18-4/h5-8H,9H2,1-4H3,(H,15,17). The van der Waals surface area contributed by atoms with Gasteiger partial charge in [0.05, 0.1) is 13.7 Å². The fraction of sp³-hybridized carbons (Fsp3) is 0.429. The van der Waals surface area contributed by atoms with Gasteiger partial charge in [0.1, 0.15) is 11.4 Å². The van der Waals surface area contributed by atoms with Gasteiger partial charge in [0.25, 0.3) is 0 Å². The van der Waals surface area contributed by atoms with Crippen LogP contribution in [-0.2, 0) is 4.74 Å². The van der Waals surface area contributed by atoms with E-state index in [0.29, 0.717) is 11.3 Å². The minimum absolute atomic E-state index is 0.109. The summed E-state index contributed by atoms with van der Waals surface area (Å²) in [5, 5.41) is 2.42. The summed E-state index contributed by atoms with van der Waals surface area (Å²) in [6, 6.07) is 6.76. The van der Waals surface area contributed by atoms with Crippen LogP contribution in [0, 0.1) is 0 Å². The van der Waals surface area contributed by atoms with Crippen LogP contribution in [-0.4, -0.2) is 31.1 Å². The summed E-state index contributed by atoms with van der Waals surface area (Å²) in [4.78, 5) is 23.3. The summed E-state index contributed by atoms with van der Waals surface area (Å²) in [5.41, 5.74) is -0.0984. The second kappa shape index (κ2) is 6.22. The number of ketones is 1. The molecule has 0 atom stereocenters. The molecule has 0 saturated heterocycles. The molecule has 0 unspecified atom stereocenters. The lowest BCUT2D eigenvalue weighted by molar-refractivity contribution is 0.0520. The minimum Gasteiger partial charge on any atom is -0.497 e. The summed E-state index contributed by atoms with van der Waals surface area (Å²) < 4.78 is 10.1. The van der Waals surface area contributed by atoms with Crippen LogP contribution in [0.4, 0.5) is 4.79 Å². The zero-order chi connectivity index (χ0) is 14.5. The predicted molar refractivity (Wildman–Crippen MR) is 71.6 cm³/mol. The molecule has 1 amide bonds. The second-order valence-electron chi connectivity index (χ2n) is 5.01. The van der Waals surface area contributed by atoms with Crippen LogP contribution in [0.25, 0.3) is 0 Å². The van der Waals surface area contributed by atoms with E-state index in [1.54, 1.807) is 45.0 Å². The van der Waals surface area contributed by atoms with Gasteiger partial charge in [-0.3, -0.25) is 4.79 Å². The molecule has 0 radical (unpaired) electrons. The molecule has 1 aromatic carbocycles. The van der Waals surface area contributed by atoms with Crippen molar-refractivity contribution in [1.29, 1.82) is 0 Å². The van der Waals surface area contributed by atoms with Gasteiger partial charge >= 0.3 is 6.09 Å². The first-order valence-electron chi connectivity index (χ1n) is 5.96. The number of methoxy groups -OCH3 is 1. The number of amides is 1. The molecular formula is C14H19NO4. The van der Waals surface area contributed by atoms with Gasteiger partial charge in [-0.15, -0.1) is 0 Å². The number of carbonyl (C=O) groups excluding carboxylic acids is 2. The number of benzene rings is 1. The first kappa shape index (κ1) is 15.0. The Balaban J connectivity index is 2.53. The Hall–Kier alpha value is -2.04. The Morgan fingerprint density at radius 3 is 2.53 bits per heavy atom. The summed E-state index contributed by atoms with van der Waals surface area (Å²) >= 11 is 0. The average Bonchev–Trinajstić information content (AvgIpc) is 2.34. The van der Waals surface area contributed by atoms with E-state index in [4.69, 9.17) is 9.47 Å². The highest BCUT2D eigenvalue weighted by molar-refractivity contribution is 5.99. The molecule has 0 saturated carbocycles. The number of nitrogens with one attached hydrogen (secondary N) is 1. The van der Waals surface area contributed by atoms with Crippen molar-refractivity contribution >= 4 is 11.9 Å². The van der Waals surface area contributed by atoms with Gasteiger partial charge < -0.3 is 14.8 Å². The van der Waals surface area contributed by atoms with E-state index in [1.165, 1.54) is 7.11 Å². The smallest absolute Gasteiger partial charge is 0.408 e. The zero-order valence-corrected chi connectivity index (χ0v) is 11.6. The van der Waals surface area contributed by atoms with Crippen LogP contribution < -0.4 is 10.1 Å². The van der Waals surface area contributed by atoms with Crippen LogP contribution in [0.15, 0.2) is 24.3 Å². The van der Waals surface area contributed by atoms with Crippen LogP contribution in [0.1, 0.15) is 31.1 Å². The van der Waals surface area contributed by atoms with Crippen molar-refractivity contribution < 1.29 is 19.1 Å². The van der Waals surface area contributed by atoms with E-state index < -0.39 is 11.7 Å². The summed E-state index contributed by atoms with van der Waals surface area (Å²) in [7, 11) is 1.53. The molecule has 0 spiro atoms. The molecule has 1 rings (SSSR count). The van der Waals surface area contributed by atoms with Crippen LogP contribution in [0.3, 0.4) is 0 Å². The molecular weight excluding hydrogens is 246 g/mol. The maximum absolute atomic E-state index is 11.9. The summed E-state index contributed by atoms with van der Waals surface area (Å²) in [5.74, 6) is 0.396. The highest BCUT2D eigenvalue weighted by Crippen LogP contribution is 2.12. The first-order chi connectivity index (χ1) is 8.81. The van der Waals surface area contributed by atoms with Crippen molar-refractivity contribution in [2.45, 2.75) is 26.4 Å². The van der Waals surface area contributed by atoms with Gasteiger partial charge in [-0.05, 0) is 32.9 Å². The average molecular weight is 265 g/mol. The van der Waals surface area contributed by atoms with Gasteiger partial charge in [-0.25, -0.2) is 4.79 Å². The Kier molecular flexibility index (Phi) is 4.92. The fourth-order valence-corrected chi connectivity index (χ4v) is 1.37. The SMILES string of the molecule is COc1cccc(C(=O)CNC(=O)OC(C)(C)C)c1. The number of Topliss-reactive ketones (excluding diaryl/α,β-unsaturated/α-hetero) is 1. The van der Waals surface area contributed by atoms with Crippen molar-refractivity contribution in [2.75, 3.05) is 13.7 Å². The molecule has 19 heavy (non-hydrogen) atoms. The quantitative estimate of drug-likeness (QED) is 0.849. The van der Waals surface area contributed by atoms with Gasteiger partial charge in [0.15, 0.2) is 5.78 Å². The second-order valence-corrected chi connectivity index (χ2v) is 5.01. The molecule has 0 heterocycles. The van der Waals surface area contributed by atoms with Crippen LogP contribution in [0.5, 0.6) is 5.75 Å². The minimum atomic E-state index is -0.608. The van der Waals surface area contributed by atoms with Crippen molar-refractivity contribution in [3.63, 3.8) is 0 Å². The van der Waals surface area contributed by atoms with Crippen LogP contribution >= 0.6 is 0 Å². The Bertz CT molecular complexity index is 463. The van der Waals surface area contributed by atoms with Crippen molar-refractivity contribution in [1.82, 2.24) is 5.32 Å². The highest BCUT2D eigenvalue weighted by Gasteiger charge is 2.17. The molecule has 1 aromatic rings. The Labute approximate surface area is 112 Å². The number of hydrogen-bond acceptors (Lipinski definition) is 4. The Morgan fingerprint density at radius 2 is 1.95 bits per heavy atom. The van der Waals surface area contributed by atoms with Crippen molar-refractivity contribution in [3.8, 4) is 5.75 Å². The number of hydrogen-bond donors (Lipinski definition) is 1. The normalized spacial score (nSPS) is 10.7. The third-order valence-electron chi connectivity index (χ3n) is 2.18. The third-order valence-corrected chi connectivity index (χ3v) is 2.18. The van der Waals surface area contributed by atoms with E-state index in [-0.39, 0.29) is 12.3 Å². The van der Waals surface area contributed by atoms with E-state index in [2.05, 4.69) is 5.32 Å². The van der Waals surface area contributed by atoms with Gasteiger partial charge in [-0.1, -0.05) is 12.1 Å². The highest BCUT2D eigenvalue weighted by atomic mass is 16.6. The zero-order valence-electron chi connectivity index (χ0n) is 11.6. The molecule has 5 heteroatoms. The van der Waals surface area contributed by atoms with Gasteiger partial charge in [0, 0.05) is 5.56 Å². The van der Waals surface area contributed by atoms with E-state index in [1.807, 2.05) is 0 Å². The monoisotopic (exact) mass is 265 g/mol. The maximum atomic E-state index is 11.9. The van der Waals surface area contributed by atoms with Gasteiger partial charge in [-0.2, -0.15) is 0 Å². The molecule has 0 fully saturated rings. The summed E-state index contributed by atoms with van der Waals surface area (Å²) in [6.45, 7) is 5.17. The Morgan fingerprint density at radius 1 is 1.26 bits per heavy atom. The largest absolute Gasteiger partial charge is 0.497 e. The topological polar surface area (TPSA) is 64.6 Å². The van der Waals surface area contributed by atoms with E-state index >= 15 is 0 Å². The summed E-state index contributed by atoms with van der Waals surface area (Å²) in [6.07, 6.45) is -0.608. The molecule has 0 aliphatic rings. The number of ether oxygens (including phenoxy) is 2. The number of carbonyl (C=O) groups is 2. The molecule has 0 bridgehead atoms. The molecule has 5 nitrogen and oxygen atoms in total. The van der Waals surface area contributed by atoms with E-state index in [0.717, 1.165) is 0 Å². The molecule has 1 N–H and O–H groups in total. The third kappa shape index (κ3) is 5.42. The van der Waals surface area contributed by atoms with Crippen molar-refractivity contribution in [2.24, 2.45) is 0 Å². The lowest BCUT2D eigenvalue weighted by Crippen LogP contribution is -2.35. The first-order valence-corrected chi connectivity index (χ1v) is 5.96. The lowest BCUT2D eigenvalue weighted by atomic mass is 10.1. The van der Waals surface area contributed by atoms with Crippen molar-refractivity contribution in [3.05, 3.63) is 29.8 Å². The van der Waals surface area contributed by atoms with Crippen LogP contribution in [0.2, 0.25) is 0 Å².